The van der Waals surface area contributed by atoms with Crippen LogP contribution >= 0.6 is 50.9 Å². The summed E-state index contributed by atoms with van der Waals surface area (Å²) in [5.41, 5.74) is 2.54. The van der Waals surface area contributed by atoms with Crippen LogP contribution in [0, 0.1) is 13.8 Å². The number of hydrogen-bond donors (Lipinski definition) is 1. The van der Waals surface area contributed by atoms with Gasteiger partial charge in [-0.2, -0.15) is 5.10 Å². The highest BCUT2D eigenvalue weighted by Crippen LogP contribution is 2.26. The van der Waals surface area contributed by atoms with Crippen molar-refractivity contribution >= 4 is 62.5 Å². The van der Waals surface area contributed by atoms with Gasteiger partial charge in [0.15, 0.2) is 5.16 Å². The fourth-order valence-corrected chi connectivity index (χ4v) is 4.38. The van der Waals surface area contributed by atoms with Gasteiger partial charge in [0.1, 0.15) is 5.82 Å². The number of nitrogens with one attached hydrogen (secondary N) is 1. The van der Waals surface area contributed by atoms with Gasteiger partial charge in [-0.05, 0) is 54.9 Å². The van der Waals surface area contributed by atoms with Gasteiger partial charge in [0.05, 0.1) is 26.6 Å². The molecule has 0 fully saturated rings. The summed E-state index contributed by atoms with van der Waals surface area (Å²) in [6.45, 7) is 7.45. The minimum atomic E-state index is -0.191. The molecular weight excluding hydrogens is 511 g/mol. The van der Waals surface area contributed by atoms with Crippen molar-refractivity contribution in [2.24, 2.45) is 0 Å². The van der Waals surface area contributed by atoms with Gasteiger partial charge in [-0.3, -0.25) is 9.48 Å². The number of aromatic nitrogens is 5. The molecule has 0 unspecified atom stereocenters. The van der Waals surface area contributed by atoms with E-state index in [2.05, 4.69) is 36.5 Å². The number of nitrogens with zero attached hydrogens (tertiary/aromatic N) is 5. The number of carbonyl (C=O) groups excluding carboxylic acids is 1. The van der Waals surface area contributed by atoms with E-state index >= 15 is 0 Å². The Bertz CT molecular complexity index is 1070. The summed E-state index contributed by atoms with van der Waals surface area (Å²) in [5, 5.41) is 17.5. The third-order valence-corrected chi connectivity index (χ3v) is 7.16. The maximum atomic E-state index is 12.3. The lowest BCUT2D eigenvalue weighted by Gasteiger charge is -2.09. The van der Waals surface area contributed by atoms with E-state index in [4.69, 9.17) is 23.2 Å². The number of thioether (sulfide) groups is 1. The first-order chi connectivity index (χ1) is 14.3. The molecule has 0 atom stereocenters. The van der Waals surface area contributed by atoms with Crippen molar-refractivity contribution in [1.29, 1.82) is 0 Å². The van der Waals surface area contributed by atoms with Crippen LogP contribution < -0.4 is 5.32 Å². The monoisotopic (exact) mass is 530 g/mol. The number of carbonyl (C=O) groups is 1. The number of aryl methyl sites for hydroxylation is 3. The maximum Gasteiger partial charge on any atom is 0.234 e. The molecule has 11 heteroatoms. The van der Waals surface area contributed by atoms with Crippen LogP contribution in [0.4, 0.5) is 5.69 Å². The van der Waals surface area contributed by atoms with Crippen molar-refractivity contribution in [2.75, 3.05) is 11.1 Å². The Morgan fingerprint density at radius 3 is 2.70 bits per heavy atom. The predicted octanol–water partition coefficient (Wildman–Crippen LogP) is 5.15. The first-order valence-electron chi connectivity index (χ1n) is 9.29. The third kappa shape index (κ3) is 5.38. The standard InChI is InChI=1S/C19H21BrCl2N6OS/c1-4-27-16(7-8-28-12(3)18(20)11(2)26-28)24-25-19(27)30-10-17(29)23-15-9-13(21)5-6-14(15)22/h5-6,9H,4,7-8,10H2,1-3H3,(H,23,29). The van der Waals surface area contributed by atoms with Gasteiger partial charge >= 0.3 is 0 Å². The second kappa shape index (κ2) is 10.2. The number of amides is 1. The first-order valence-corrected chi connectivity index (χ1v) is 11.8. The Kier molecular flexibility index (Phi) is 7.84. The van der Waals surface area contributed by atoms with E-state index in [0.717, 1.165) is 21.7 Å². The molecule has 0 aliphatic rings. The van der Waals surface area contributed by atoms with Crippen molar-refractivity contribution in [2.45, 2.75) is 45.4 Å². The van der Waals surface area contributed by atoms with Gasteiger partial charge in [0, 0.05) is 30.2 Å². The Balaban J connectivity index is 1.61. The molecular formula is C19H21BrCl2N6OS. The predicted molar refractivity (Wildman–Crippen MR) is 125 cm³/mol. The second-order valence-electron chi connectivity index (χ2n) is 6.56. The van der Waals surface area contributed by atoms with Crippen LogP contribution in [0.25, 0.3) is 0 Å². The molecule has 1 amide bonds. The lowest BCUT2D eigenvalue weighted by Crippen LogP contribution is -2.15. The zero-order chi connectivity index (χ0) is 21.8. The number of halogens is 3. The number of anilines is 1. The molecule has 0 bridgehead atoms. The topological polar surface area (TPSA) is 77.6 Å². The summed E-state index contributed by atoms with van der Waals surface area (Å²) in [5.74, 6) is 0.858. The van der Waals surface area contributed by atoms with Gasteiger partial charge in [-0.25, -0.2) is 0 Å². The minimum absolute atomic E-state index is 0.186. The van der Waals surface area contributed by atoms with Crippen LogP contribution in [0.15, 0.2) is 27.8 Å². The lowest BCUT2D eigenvalue weighted by atomic mass is 10.3. The van der Waals surface area contributed by atoms with Gasteiger partial charge < -0.3 is 9.88 Å². The molecule has 30 heavy (non-hydrogen) atoms. The van der Waals surface area contributed by atoms with Crippen LogP contribution in [0.3, 0.4) is 0 Å². The summed E-state index contributed by atoms with van der Waals surface area (Å²) < 4.78 is 5.01. The number of hydrogen-bond acceptors (Lipinski definition) is 5. The summed E-state index contributed by atoms with van der Waals surface area (Å²) in [7, 11) is 0. The molecule has 0 radical (unpaired) electrons. The zero-order valence-electron chi connectivity index (χ0n) is 16.7. The Hall–Kier alpha value is -1.55. The van der Waals surface area contributed by atoms with Gasteiger partial charge in [-0.15, -0.1) is 10.2 Å². The molecule has 3 aromatic rings. The van der Waals surface area contributed by atoms with E-state index in [1.165, 1.54) is 11.8 Å². The Morgan fingerprint density at radius 2 is 2.03 bits per heavy atom. The number of benzene rings is 1. The zero-order valence-corrected chi connectivity index (χ0v) is 20.7. The highest BCUT2D eigenvalue weighted by atomic mass is 79.9. The molecule has 2 heterocycles. The van der Waals surface area contributed by atoms with E-state index in [0.29, 0.717) is 40.4 Å². The van der Waals surface area contributed by atoms with Crippen LogP contribution in [0.2, 0.25) is 10.0 Å². The average Bonchev–Trinajstić information content (AvgIpc) is 3.22. The SMILES string of the molecule is CCn1c(CCn2nc(C)c(Br)c2C)nnc1SCC(=O)Nc1cc(Cl)ccc1Cl. The Morgan fingerprint density at radius 1 is 1.27 bits per heavy atom. The van der Waals surface area contributed by atoms with E-state index in [-0.39, 0.29) is 11.7 Å². The second-order valence-corrected chi connectivity index (χ2v) is 9.14. The van der Waals surface area contributed by atoms with Gasteiger partial charge in [0.2, 0.25) is 5.91 Å². The van der Waals surface area contributed by atoms with E-state index in [1.807, 2.05) is 30.0 Å². The molecule has 0 saturated heterocycles. The van der Waals surface area contributed by atoms with Crippen molar-refractivity contribution in [3.63, 3.8) is 0 Å². The molecule has 2 aromatic heterocycles. The molecule has 0 aliphatic carbocycles. The lowest BCUT2D eigenvalue weighted by molar-refractivity contribution is -0.113. The van der Waals surface area contributed by atoms with Crippen LogP contribution in [-0.2, 0) is 24.3 Å². The fourth-order valence-electron chi connectivity index (χ4n) is 2.94. The molecule has 0 spiro atoms. The van der Waals surface area contributed by atoms with Crippen molar-refractivity contribution in [1.82, 2.24) is 24.5 Å². The fraction of sp³-hybridized carbons (Fsp3) is 0.368. The maximum absolute atomic E-state index is 12.3. The minimum Gasteiger partial charge on any atom is -0.324 e. The number of rotatable bonds is 8. The van der Waals surface area contributed by atoms with E-state index in [9.17, 15) is 4.79 Å². The molecule has 0 saturated carbocycles. The van der Waals surface area contributed by atoms with Crippen molar-refractivity contribution < 1.29 is 4.79 Å². The van der Waals surface area contributed by atoms with Crippen LogP contribution in [0.1, 0.15) is 24.1 Å². The quantitative estimate of drug-likeness (QED) is 0.406. The van der Waals surface area contributed by atoms with E-state index in [1.54, 1.807) is 18.2 Å². The summed E-state index contributed by atoms with van der Waals surface area (Å²) in [4.78, 5) is 12.3. The molecule has 1 aromatic carbocycles. The molecule has 3 rings (SSSR count). The summed E-state index contributed by atoms with van der Waals surface area (Å²) in [6.07, 6.45) is 0.695. The molecule has 7 nitrogen and oxygen atoms in total. The Labute approximate surface area is 197 Å². The highest BCUT2D eigenvalue weighted by Gasteiger charge is 2.15. The van der Waals surface area contributed by atoms with Crippen LogP contribution in [0.5, 0.6) is 0 Å². The third-order valence-electron chi connectivity index (χ3n) is 4.48. The van der Waals surface area contributed by atoms with Crippen LogP contribution in [-0.4, -0.2) is 36.2 Å². The largest absolute Gasteiger partial charge is 0.324 e. The summed E-state index contributed by atoms with van der Waals surface area (Å²) >= 11 is 16.9. The van der Waals surface area contributed by atoms with E-state index < -0.39 is 0 Å². The first kappa shape index (κ1) is 23.1. The van der Waals surface area contributed by atoms with Gasteiger partial charge in [-0.1, -0.05) is 35.0 Å². The normalized spacial score (nSPS) is 11.1. The van der Waals surface area contributed by atoms with Gasteiger partial charge in [0.25, 0.3) is 0 Å². The molecule has 1 N–H and O–H groups in total. The molecule has 0 aliphatic heterocycles. The average molecular weight is 532 g/mol. The van der Waals surface area contributed by atoms with Crippen molar-refractivity contribution in [3.05, 3.63) is 49.9 Å². The molecule has 160 valence electrons. The van der Waals surface area contributed by atoms with Crippen molar-refractivity contribution in [3.8, 4) is 0 Å². The smallest absolute Gasteiger partial charge is 0.234 e. The summed E-state index contributed by atoms with van der Waals surface area (Å²) in [6, 6.07) is 4.94. The highest BCUT2D eigenvalue weighted by molar-refractivity contribution is 9.10.